The summed E-state index contributed by atoms with van der Waals surface area (Å²) < 4.78 is 37.1. The summed E-state index contributed by atoms with van der Waals surface area (Å²) in [5, 5.41) is 0. The summed E-state index contributed by atoms with van der Waals surface area (Å²) in [4.78, 5) is 0. The Balaban J connectivity index is 0.000000921. The number of hydrogen-bond acceptors (Lipinski definition) is 0. The highest BCUT2D eigenvalue weighted by molar-refractivity contribution is 5.33. The summed E-state index contributed by atoms with van der Waals surface area (Å²) in [5.41, 5.74) is 0.481. The molecule has 1 aromatic carbocycles. The molecule has 0 aliphatic rings. The minimum absolute atomic E-state index is 0.282. The van der Waals surface area contributed by atoms with Gasteiger partial charge in [-0.1, -0.05) is 32.9 Å². The van der Waals surface area contributed by atoms with Crippen molar-refractivity contribution >= 4 is 0 Å². The third-order valence-electron chi connectivity index (χ3n) is 2.02. The molecule has 15 heavy (non-hydrogen) atoms. The van der Waals surface area contributed by atoms with Crippen LogP contribution >= 0.6 is 0 Å². The van der Waals surface area contributed by atoms with Gasteiger partial charge in [0.1, 0.15) is 0 Å². The molecule has 0 amide bonds. The topological polar surface area (TPSA) is 0 Å². The average Bonchev–Trinajstić information content (AvgIpc) is 2.20. The van der Waals surface area contributed by atoms with Gasteiger partial charge in [-0.25, -0.2) is 0 Å². The lowest BCUT2D eigenvalue weighted by Crippen LogP contribution is -2.07. The van der Waals surface area contributed by atoms with Crippen molar-refractivity contribution in [3.63, 3.8) is 0 Å². The van der Waals surface area contributed by atoms with Crippen molar-refractivity contribution in [1.29, 1.82) is 0 Å². The second kappa shape index (κ2) is 5.79. The number of rotatable bonds is 1. The smallest absolute Gasteiger partial charge is 0.166 e. The highest BCUT2D eigenvalue weighted by Gasteiger charge is 2.32. The summed E-state index contributed by atoms with van der Waals surface area (Å²) in [6.07, 6.45) is -3.60. The Labute approximate surface area is 89.1 Å². The van der Waals surface area contributed by atoms with Gasteiger partial charge in [0.2, 0.25) is 0 Å². The molecule has 0 saturated carbocycles. The lowest BCUT2D eigenvalue weighted by Gasteiger charge is -2.11. The summed E-state index contributed by atoms with van der Waals surface area (Å²) in [6.45, 7) is 7.31. The van der Waals surface area contributed by atoms with Gasteiger partial charge in [-0.15, -0.1) is 0 Å². The van der Waals surface area contributed by atoms with E-state index in [0.29, 0.717) is 6.42 Å². The maximum atomic E-state index is 12.4. The molecule has 1 aromatic rings. The zero-order valence-electron chi connectivity index (χ0n) is 9.57. The van der Waals surface area contributed by atoms with Gasteiger partial charge in [0.15, 0.2) is 0 Å². The van der Waals surface area contributed by atoms with Crippen LogP contribution in [0.25, 0.3) is 0 Å². The van der Waals surface area contributed by atoms with Crippen molar-refractivity contribution < 1.29 is 13.2 Å². The third-order valence-corrected chi connectivity index (χ3v) is 2.02. The standard InChI is InChI=1S/C10H11F3.C2H6/c1-3-8-5-4-7(2)9(6-8)10(11,12)13;1-2/h4-6H,3H2,1-2H3;1-2H3. The van der Waals surface area contributed by atoms with E-state index in [1.807, 2.05) is 20.8 Å². The molecule has 0 aliphatic heterocycles. The zero-order valence-corrected chi connectivity index (χ0v) is 9.57. The Bertz CT molecular complexity index is 300. The van der Waals surface area contributed by atoms with Gasteiger partial charge >= 0.3 is 6.18 Å². The summed E-state index contributed by atoms with van der Waals surface area (Å²) in [6, 6.07) is 4.46. The van der Waals surface area contributed by atoms with E-state index < -0.39 is 11.7 Å². The Morgan fingerprint density at radius 3 is 2.07 bits per heavy atom. The van der Waals surface area contributed by atoms with Crippen LogP contribution in [0.4, 0.5) is 13.2 Å². The SMILES string of the molecule is CC.CCc1ccc(C)c(C(F)(F)F)c1. The lowest BCUT2D eigenvalue weighted by atomic mass is 10.0. The molecule has 0 N–H and O–H groups in total. The number of halogens is 3. The van der Waals surface area contributed by atoms with Gasteiger partial charge in [0, 0.05) is 0 Å². The molecular weight excluding hydrogens is 201 g/mol. The summed E-state index contributed by atoms with van der Waals surface area (Å²) in [5.74, 6) is 0. The predicted octanol–water partition coefficient (Wildman–Crippen LogP) is 4.60. The second-order valence-corrected chi connectivity index (χ2v) is 3.00. The molecule has 0 aliphatic carbocycles. The molecule has 3 heteroatoms. The van der Waals surface area contributed by atoms with Crippen LogP contribution in [-0.4, -0.2) is 0 Å². The number of hydrogen-bond donors (Lipinski definition) is 0. The molecule has 0 unspecified atom stereocenters. The van der Waals surface area contributed by atoms with Crippen LogP contribution in [0.3, 0.4) is 0 Å². The van der Waals surface area contributed by atoms with E-state index in [4.69, 9.17) is 0 Å². The first-order valence-electron chi connectivity index (χ1n) is 5.12. The van der Waals surface area contributed by atoms with E-state index in [0.717, 1.165) is 5.56 Å². The third kappa shape index (κ3) is 3.94. The van der Waals surface area contributed by atoms with Gasteiger partial charge in [-0.3, -0.25) is 0 Å². The zero-order chi connectivity index (χ0) is 12.1. The van der Waals surface area contributed by atoms with E-state index in [1.165, 1.54) is 19.1 Å². The van der Waals surface area contributed by atoms with Crippen LogP contribution in [0.5, 0.6) is 0 Å². The van der Waals surface area contributed by atoms with Crippen LogP contribution in [0.1, 0.15) is 37.5 Å². The summed E-state index contributed by atoms with van der Waals surface area (Å²) >= 11 is 0. The van der Waals surface area contributed by atoms with Crippen molar-refractivity contribution in [2.75, 3.05) is 0 Å². The van der Waals surface area contributed by atoms with E-state index in [1.54, 1.807) is 6.07 Å². The van der Waals surface area contributed by atoms with Crippen LogP contribution < -0.4 is 0 Å². The van der Waals surface area contributed by atoms with Gasteiger partial charge in [-0.05, 0) is 30.5 Å². The minimum Gasteiger partial charge on any atom is -0.166 e. The highest BCUT2D eigenvalue weighted by atomic mass is 19.4. The van der Waals surface area contributed by atoms with Crippen molar-refractivity contribution in [2.24, 2.45) is 0 Å². The molecule has 0 heterocycles. The maximum absolute atomic E-state index is 12.4. The fourth-order valence-corrected chi connectivity index (χ4v) is 1.19. The van der Waals surface area contributed by atoms with Gasteiger partial charge in [0.25, 0.3) is 0 Å². The number of benzene rings is 1. The Morgan fingerprint density at radius 2 is 1.67 bits per heavy atom. The van der Waals surface area contributed by atoms with Crippen LogP contribution in [0, 0.1) is 6.92 Å². The molecule has 0 aromatic heterocycles. The van der Waals surface area contributed by atoms with Gasteiger partial charge in [0.05, 0.1) is 5.56 Å². The highest BCUT2D eigenvalue weighted by Crippen LogP contribution is 2.32. The Morgan fingerprint density at radius 1 is 1.13 bits per heavy atom. The van der Waals surface area contributed by atoms with Crippen molar-refractivity contribution in [3.05, 3.63) is 34.9 Å². The molecule has 0 nitrogen and oxygen atoms in total. The van der Waals surface area contributed by atoms with E-state index in [-0.39, 0.29) is 5.56 Å². The Hall–Kier alpha value is -0.990. The molecule has 0 spiro atoms. The van der Waals surface area contributed by atoms with Crippen LogP contribution in [0.15, 0.2) is 18.2 Å². The number of alkyl halides is 3. The summed E-state index contributed by atoms with van der Waals surface area (Å²) in [7, 11) is 0. The minimum atomic E-state index is -4.23. The largest absolute Gasteiger partial charge is 0.416 e. The fraction of sp³-hybridized carbons (Fsp3) is 0.500. The van der Waals surface area contributed by atoms with Gasteiger partial charge in [-0.2, -0.15) is 13.2 Å². The Kier molecular flexibility index (Phi) is 5.40. The normalized spacial score (nSPS) is 10.6. The van der Waals surface area contributed by atoms with Gasteiger partial charge < -0.3 is 0 Å². The van der Waals surface area contributed by atoms with Crippen molar-refractivity contribution in [2.45, 2.75) is 40.3 Å². The number of aryl methyl sites for hydroxylation is 2. The second-order valence-electron chi connectivity index (χ2n) is 3.00. The van der Waals surface area contributed by atoms with E-state index in [2.05, 4.69) is 0 Å². The first-order valence-corrected chi connectivity index (χ1v) is 5.12. The molecule has 86 valence electrons. The molecule has 0 atom stereocenters. The lowest BCUT2D eigenvalue weighted by molar-refractivity contribution is -0.138. The molecule has 0 radical (unpaired) electrons. The quantitative estimate of drug-likeness (QED) is 0.646. The molecule has 1 rings (SSSR count). The van der Waals surface area contributed by atoms with E-state index >= 15 is 0 Å². The molecular formula is C12H17F3. The average molecular weight is 218 g/mol. The predicted molar refractivity (Wildman–Crippen MR) is 56.9 cm³/mol. The first kappa shape index (κ1) is 14.0. The van der Waals surface area contributed by atoms with E-state index in [9.17, 15) is 13.2 Å². The fourth-order valence-electron chi connectivity index (χ4n) is 1.19. The van der Waals surface area contributed by atoms with Crippen molar-refractivity contribution in [1.82, 2.24) is 0 Å². The van der Waals surface area contributed by atoms with Crippen molar-refractivity contribution in [3.8, 4) is 0 Å². The first-order chi connectivity index (χ1) is 6.95. The maximum Gasteiger partial charge on any atom is 0.416 e. The molecule has 0 fully saturated rings. The van der Waals surface area contributed by atoms with Crippen LogP contribution in [0.2, 0.25) is 0 Å². The monoisotopic (exact) mass is 218 g/mol. The molecule has 0 saturated heterocycles. The van der Waals surface area contributed by atoms with Crippen LogP contribution in [-0.2, 0) is 12.6 Å². The molecule has 0 bridgehead atoms.